The van der Waals surface area contributed by atoms with Gasteiger partial charge in [0.15, 0.2) is 0 Å². The second-order valence-corrected chi connectivity index (χ2v) is 13.8. The highest BCUT2D eigenvalue weighted by molar-refractivity contribution is 7.92. The molecule has 11 nitrogen and oxygen atoms in total. The van der Waals surface area contributed by atoms with Gasteiger partial charge >= 0.3 is 0 Å². The van der Waals surface area contributed by atoms with Crippen LogP contribution in [0.3, 0.4) is 0 Å². The number of sulfonamides is 1. The number of nitrogens with one attached hydrogen (secondary N) is 1. The Morgan fingerprint density at radius 1 is 1.07 bits per heavy atom. The van der Waals surface area contributed by atoms with Crippen LogP contribution in [-0.4, -0.2) is 55.3 Å². The van der Waals surface area contributed by atoms with E-state index in [2.05, 4.69) is 5.32 Å². The highest BCUT2D eigenvalue weighted by Gasteiger charge is 2.35. The summed E-state index contributed by atoms with van der Waals surface area (Å²) in [5.41, 5.74) is 0.892. The number of halogens is 1. The first-order valence-corrected chi connectivity index (χ1v) is 15.5. The van der Waals surface area contributed by atoms with Gasteiger partial charge in [-0.3, -0.25) is 24.0 Å². The van der Waals surface area contributed by atoms with E-state index in [1.54, 1.807) is 6.92 Å². The number of nitro groups is 1. The number of rotatable bonds is 11. The lowest BCUT2D eigenvalue weighted by atomic mass is 10.1. The molecule has 1 atom stereocenters. The summed E-state index contributed by atoms with van der Waals surface area (Å²) in [7, 11) is -3.28. The fourth-order valence-electron chi connectivity index (χ4n) is 4.51. The van der Waals surface area contributed by atoms with E-state index in [4.69, 9.17) is 16.3 Å². The Morgan fingerprint density at radius 3 is 2.34 bits per heavy atom. The number of methoxy groups -OCH3 is 1. The van der Waals surface area contributed by atoms with E-state index in [0.717, 1.165) is 21.5 Å². The van der Waals surface area contributed by atoms with Gasteiger partial charge in [-0.25, -0.2) is 8.42 Å². The van der Waals surface area contributed by atoms with Gasteiger partial charge in [0.25, 0.3) is 15.7 Å². The molecule has 0 saturated heterocycles. The first kappa shape index (κ1) is 34.3. The minimum Gasteiger partial charge on any atom is -0.495 e. The average molecular weight is 645 g/mol. The number of anilines is 1. The fourth-order valence-corrected chi connectivity index (χ4v) is 6.11. The molecule has 3 rings (SSSR count). The van der Waals surface area contributed by atoms with E-state index in [9.17, 15) is 28.1 Å². The molecule has 0 unspecified atom stereocenters. The van der Waals surface area contributed by atoms with Gasteiger partial charge in [0.05, 0.1) is 22.6 Å². The minimum atomic E-state index is -4.62. The molecule has 44 heavy (non-hydrogen) atoms. The monoisotopic (exact) mass is 644 g/mol. The van der Waals surface area contributed by atoms with Crippen molar-refractivity contribution in [2.45, 2.75) is 64.6 Å². The van der Waals surface area contributed by atoms with E-state index in [1.165, 1.54) is 49.3 Å². The lowest BCUT2D eigenvalue weighted by Crippen LogP contribution is -2.54. The maximum absolute atomic E-state index is 14.2. The molecule has 0 aliphatic rings. The van der Waals surface area contributed by atoms with Crippen molar-refractivity contribution >= 4 is 44.8 Å². The summed E-state index contributed by atoms with van der Waals surface area (Å²) in [6.45, 7) is 9.63. The van der Waals surface area contributed by atoms with Crippen LogP contribution in [0.25, 0.3) is 0 Å². The normalized spacial score (nSPS) is 12.3. The van der Waals surface area contributed by atoms with Crippen molar-refractivity contribution in [1.82, 2.24) is 10.2 Å². The summed E-state index contributed by atoms with van der Waals surface area (Å²) in [4.78, 5) is 39.3. The lowest BCUT2D eigenvalue weighted by molar-refractivity contribution is -0.385. The number of ether oxygens (including phenoxy) is 1. The Bertz CT molecular complexity index is 1670. The van der Waals surface area contributed by atoms with Crippen molar-refractivity contribution < 1.29 is 27.7 Å². The zero-order chi connectivity index (χ0) is 33.0. The van der Waals surface area contributed by atoms with Crippen LogP contribution in [0.4, 0.5) is 11.4 Å². The van der Waals surface area contributed by atoms with Crippen LogP contribution in [0.5, 0.6) is 5.75 Å². The van der Waals surface area contributed by atoms with E-state index in [1.807, 2.05) is 52.0 Å². The largest absolute Gasteiger partial charge is 0.495 e. The number of benzene rings is 3. The topological polar surface area (TPSA) is 139 Å². The Hall–Kier alpha value is -4.16. The molecule has 0 fully saturated rings. The third-order valence-corrected chi connectivity index (χ3v) is 8.75. The minimum absolute atomic E-state index is 0.00974. The molecule has 3 aromatic carbocycles. The number of amides is 2. The Labute approximate surface area is 263 Å². The Kier molecular flexibility index (Phi) is 10.6. The standard InChI is InChI=1S/C31H37ClN4O7S/c1-20-9-8-10-23(15-20)18-34(22(3)30(38)33-31(4,5)6)29(37)19-35(27-16-24(32)12-14-28(27)43-7)44(41,42)25-13-11-21(2)26(17-25)36(39)40/h8-17,22H,18-19H2,1-7H3,(H,33,38)/t22-/m1/s1. The molecule has 0 heterocycles. The summed E-state index contributed by atoms with van der Waals surface area (Å²) in [5.74, 6) is -1.03. The number of nitro benzene ring substituents is 1. The van der Waals surface area contributed by atoms with Crippen LogP contribution in [0.2, 0.25) is 5.02 Å². The van der Waals surface area contributed by atoms with Gasteiger partial charge in [-0.1, -0.05) is 47.5 Å². The van der Waals surface area contributed by atoms with Crippen molar-refractivity contribution in [2.24, 2.45) is 0 Å². The molecule has 0 spiro atoms. The van der Waals surface area contributed by atoms with Crippen LogP contribution < -0.4 is 14.4 Å². The van der Waals surface area contributed by atoms with E-state index < -0.39 is 55.5 Å². The molecule has 1 N–H and O–H groups in total. The predicted octanol–water partition coefficient (Wildman–Crippen LogP) is 5.40. The van der Waals surface area contributed by atoms with Gasteiger partial charge in [-0.05, 0) is 71.4 Å². The SMILES string of the molecule is COc1ccc(Cl)cc1N(CC(=O)N(Cc1cccc(C)c1)[C@H](C)C(=O)NC(C)(C)C)S(=O)(=O)c1ccc(C)c([N+](=O)[O-])c1. The number of carbonyl (C=O) groups is 2. The van der Waals surface area contributed by atoms with Gasteiger partial charge in [0, 0.05) is 28.7 Å². The van der Waals surface area contributed by atoms with Crippen LogP contribution in [0.15, 0.2) is 65.6 Å². The smallest absolute Gasteiger partial charge is 0.273 e. The molecule has 3 aromatic rings. The number of aryl methyl sites for hydroxylation is 2. The first-order chi connectivity index (χ1) is 20.4. The van der Waals surface area contributed by atoms with Gasteiger partial charge in [0.2, 0.25) is 11.8 Å². The number of hydrogen-bond acceptors (Lipinski definition) is 7. The molecule has 0 saturated carbocycles. The van der Waals surface area contributed by atoms with Crippen LogP contribution >= 0.6 is 11.6 Å². The number of carbonyl (C=O) groups excluding carboxylic acids is 2. The van der Waals surface area contributed by atoms with Gasteiger partial charge < -0.3 is 15.0 Å². The summed E-state index contributed by atoms with van der Waals surface area (Å²) in [6, 6.07) is 14.2. The molecule has 236 valence electrons. The summed E-state index contributed by atoms with van der Waals surface area (Å²) in [5, 5.41) is 14.7. The third-order valence-electron chi connectivity index (χ3n) is 6.75. The molecule has 0 aliphatic heterocycles. The number of nitrogens with zero attached hydrogens (tertiary/aromatic N) is 3. The zero-order valence-corrected chi connectivity index (χ0v) is 27.3. The average Bonchev–Trinajstić information content (AvgIpc) is 2.93. The van der Waals surface area contributed by atoms with Crippen molar-refractivity contribution in [1.29, 1.82) is 0 Å². The molecule has 0 radical (unpaired) electrons. The summed E-state index contributed by atoms with van der Waals surface area (Å²) >= 11 is 6.26. The van der Waals surface area contributed by atoms with E-state index in [-0.39, 0.29) is 28.6 Å². The molecule has 2 amide bonds. The second kappa shape index (κ2) is 13.6. The molecule has 0 bridgehead atoms. The number of hydrogen-bond donors (Lipinski definition) is 1. The van der Waals surface area contributed by atoms with Crippen molar-refractivity contribution in [3.05, 3.63) is 92.5 Å². The third kappa shape index (κ3) is 8.26. The van der Waals surface area contributed by atoms with Crippen molar-refractivity contribution in [3.63, 3.8) is 0 Å². The van der Waals surface area contributed by atoms with Gasteiger partial charge in [-0.15, -0.1) is 0 Å². The molecule has 0 aromatic heterocycles. The quantitative estimate of drug-likeness (QED) is 0.218. The Balaban J connectivity index is 2.17. The summed E-state index contributed by atoms with van der Waals surface area (Å²) < 4.78 is 34.6. The van der Waals surface area contributed by atoms with Crippen LogP contribution in [0, 0.1) is 24.0 Å². The maximum atomic E-state index is 14.2. The summed E-state index contributed by atoms with van der Waals surface area (Å²) in [6.07, 6.45) is 0. The molecular weight excluding hydrogens is 608 g/mol. The van der Waals surface area contributed by atoms with E-state index in [0.29, 0.717) is 0 Å². The molecule has 13 heteroatoms. The maximum Gasteiger partial charge on any atom is 0.273 e. The Morgan fingerprint density at radius 2 is 1.75 bits per heavy atom. The van der Waals surface area contributed by atoms with Crippen LogP contribution in [-0.2, 0) is 26.2 Å². The predicted molar refractivity (Wildman–Crippen MR) is 169 cm³/mol. The highest BCUT2D eigenvalue weighted by atomic mass is 35.5. The van der Waals surface area contributed by atoms with Gasteiger partial charge in [-0.2, -0.15) is 0 Å². The lowest BCUT2D eigenvalue weighted by Gasteiger charge is -2.33. The molecule has 0 aliphatic carbocycles. The fraction of sp³-hybridized carbons (Fsp3) is 0.355. The molecular formula is C31H37ClN4O7S. The highest BCUT2D eigenvalue weighted by Crippen LogP contribution is 2.36. The first-order valence-electron chi connectivity index (χ1n) is 13.7. The zero-order valence-electron chi connectivity index (χ0n) is 25.8. The van der Waals surface area contributed by atoms with E-state index >= 15 is 0 Å². The van der Waals surface area contributed by atoms with Crippen molar-refractivity contribution in [3.8, 4) is 5.75 Å². The second-order valence-electron chi connectivity index (χ2n) is 11.5. The van der Waals surface area contributed by atoms with Crippen molar-refractivity contribution in [2.75, 3.05) is 18.0 Å². The van der Waals surface area contributed by atoms with Crippen LogP contribution in [0.1, 0.15) is 44.4 Å². The van der Waals surface area contributed by atoms with Gasteiger partial charge in [0.1, 0.15) is 18.3 Å².